The molecule has 0 saturated heterocycles. The van der Waals surface area contributed by atoms with E-state index in [1.807, 2.05) is 0 Å². The summed E-state index contributed by atoms with van der Waals surface area (Å²) < 4.78 is 53.5. The van der Waals surface area contributed by atoms with Crippen LogP contribution in [0.1, 0.15) is 11.1 Å². The first-order valence-corrected chi connectivity index (χ1v) is 7.79. The van der Waals surface area contributed by atoms with Crippen molar-refractivity contribution in [2.75, 3.05) is 0 Å². The second-order valence-electron chi connectivity index (χ2n) is 4.19. The van der Waals surface area contributed by atoms with Crippen molar-refractivity contribution in [3.05, 3.63) is 58.7 Å². The van der Waals surface area contributed by atoms with Crippen LogP contribution in [0, 0.1) is 37.1 Å². The molecule has 0 unspecified atom stereocenters. The predicted molar refractivity (Wildman–Crippen MR) is 73.9 cm³/mol. The molecule has 0 aromatic heterocycles. The number of halogens is 4. The Labute approximate surface area is 122 Å². The quantitative estimate of drug-likeness (QED) is 0.529. The lowest BCUT2D eigenvalue weighted by Gasteiger charge is -2.06. The van der Waals surface area contributed by atoms with Crippen LogP contribution in [0.2, 0.25) is 0 Å². The minimum absolute atomic E-state index is 0.0493. The van der Waals surface area contributed by atoms with Gasteiger partial charge in [-0.1, -0.05) is 21.6 Å². The van der Waals surface area contributed by atoms with Gasteiger partial charge in [-0.2, -0.15) is 0 Å². The predicted octanol–water partition coefficient (Wildman–Crippen LogP) is 5.66. The maximum absolute atomic E-state index is 13.4. The smallest absolute Gasteiger partial charge is 0.130 e. The monoisotopic (exact) mass is 318 g/mol. The van der Waals surface area contributed by atoms with Crippen LogP contribution < -0.4 is 0 Å². The third kappa shape index (κ3) is 3.30. The van der Waals surface area contributed by atoms with E-state index >= 15 is 0 Å². The van der Waals surface area contributed by atoms with Crippen molar-refractivity contribution >= 4 is 21.6 Å². The molecule has 0 nitrogen and oxygen atoms in total. The van der Waals surface area contributed by atoms with Crippen molar-refractivity contribution in [3.8, 4) is 0 Å². The third-order valence-electron chi connectivity index (χ3n) is 2.74. The summed E-state index contributed by atoms with van der Waals surface area (Å²) in [5.74, 6) is -2.58. The van der Waals surface area contributed by atoms with Crippen LogP contribution >= 0.6 is 21.6 Å². The summed E-state index contributed by atoms with van der Waals surface area (Å²) in [5.41, 5.74) is -0.0986. The summed E-state index contributed by atoms with van der Waals surface area (Å²) in [5, 5.41) is 0. The van der Waals surface area contributed by atoms with Crippen LogP contribution in [0.15, 0.2) is 34.1 Å². The largest absolute Gasteiger partial charge is 0.207 e. The molecule has 0 atom stereocenters. The maximum Gasteiger partial charge on any atom is 0.130 e. The van der Waals surface area contributed by atoms with Crippen molar-refractivity contribution in [2.45, 2.75) is 23.6 Å². The zero-order valence-electron chi connectivity index (χ0n) is 10.6. The molecule has 0 spiro atoms. The molecule has 0 N–H and O–H groups in total. The molecule has 0 heterocycles. The Morgan fingerprint density at radius 1 is 0.600 bits per heavy atom. The summed E-state index contributed by atoms with van der Waals surface area (Å²) in [6, 6.07) is 4.77. The van der Waals surface area contributed by atoms with E-state index in [2.05, 4.69) is 0 Å². The summed E-state index contributed by atoms with van der Waals surface area (Å²) in [6.45, 7) is 2.69. The number of benzene rings is 2. The Morgan fingerprint density at radius 3 is 1.10 bits per heavy atom. The highest BCUT2D eigenvalue weighted by molar-refractivity contribution is 8.76. The molecule has 0 radical (unpaired) electrons. The van der Waals surface area contributed by atoms with Crippen molar-refractivity contribution in [1.29, 1.82) is 0 Å². The van der Waals surface area contributed by atoms with Crippen molar-refractivity contribution in [2.24, 2.45) is 0 Å². The van der Waals surface area contributed by atoms with E-state index in [1.54, 1.807) is 0 Å². The second-order valence-corrected chi connectivity index (χ2v) is 6.47. The Balaban J connectivity index is 2.17. The Morgan fingerprint density at radius 2 is 0.850 bits per heavy atom. The van der Waals surface area contributed by atoms with Gasteiger partial charge in [-0.05, 0) is 38.1 Å². The standard InChI is InChI=1S/C14H10F4S2/c1-7-11(15)3-9(4-12(7)16)19-20-10-5-13(17)8(2)14(18)6-10/h3-6H,1-2H3. The molecule has 2 rings (SSSR count). The van der Waals surface area contributed by atoms with Gasteiger partial charge in [0.1, 0.15) is 23.3 Å². The molecule has 0 aliphatic heterocycles. The summed E-state index contributed by atoms with van der Waals surface area (Å²) >= 11 is 0. The molecule has 0 fully saturated rings. The average molecular weight is 318 g/mol. The first kappa shape index (κ1) is 15.3. The lowest BCUT2D eigenvalue weighted by molar-refractivity contribution is 0.561. The molecular weight excluding hydrogens is 308 g/mol. The average Bonchev–Trinajstić information content (AvgIpc) is 2.39. The van der Waals surface area contributed by atoms with Gasteiger partial charge in [-0.25, -0.2) is 17.6 Å². The van der Waals surface area contributed by atoms with Gasteiger partial charge in [0.05, 0.1) is 0 Å². The second kappa shape index (κ2) is 6.10. The van der Waals surface area contributed by atoms with Crippen molar-refractivity contribution < 1.29 is 17.6 Å². The fourth-order valence-electron chi connectivity index (χ4n) is 1.44. The molecule has 2 aromatic carbocycles. The normalized spacial score (nSPS) is 10.9. The minimum atomic E-state index is -0.644. The van der Waals surface area contributed by atoms with Gasteiger partial charge in [-0.15, -0.1) is 0 Å². The molecule has 0 aliphatic rings. The lowest BCUT2D eigenvalue weighted by atomic mass is 10.2. The molecule has 106 valence electrons. The van der Waals surface area contributed by atoms with Gasteiger partial charge in [0.2, 0.25) is 0 Å². The van der Waals surface area contributed by atoms with Gasteiger partial charge in [0.25, 0.3) is 0 Å². The van der Waals surface area contributed by atoms with E-state index in [-0.39, 0.29) is 11.1 Å². The van der Waals surface area contributed by atoms with E-state index in [9.17, 15) is 17.6 Å². The van der Waals surface area contributed by atoms with Gasteiger partial charge < -0.3 is 0 Å². The van der Waals surface area contributed by atoms with Crippen molar-refractivity contribution in [3.63, 3.8) is 0 Å². The van der Waals surface area contributed by atoms with E-state index in [0.29, 0.717) is 9.79 Å². The highest BCUT2D eigenvalue weighted by Crippen LogP contribution is 2.39. The number of hydrogen-bond acceptors (Lipinski definition) is 2. The molecule has 6 heteroatoms. The Bertz CT molecular complexity index is 552. The fraction of sp³-hybridized carbons (Fsp3) is 0.143. The first-order chi connectivity index (χ1) is 9.38. The van der Waals surface area contributed by atoms with Gasteiger partial charge in [0, 0.05) is 20.9 Å². The van der Waals surface area contributed by atoms with E-state index in [4.69, 9.17) is 0 Å². The van der Waals surface area contributed by atoms with Crippen LogP contribution in [0.25, 0.3) is 0 Å². The third-order valence-corrected chi connectivity index (χ3v) is 5.09. The summed E-state index contributed by atoms with van der Waals surface area (Å²) in [6.07, 6.45) is 0. The van der Waals surface area contributed by atoms with Gasteiger partial charge in [-0.3, -0.25) is 0 Å². The molecule has 20 heavy (non-hydrogen) atoms. The SMILES string of the molecule is Cc1c(F)cc(SSc2cc(F)c(C)c(F)c2)cc1F. The zero-order valence-corrected chi connectivity index (χ0v) is 12.3. The van der Waals surface area contributed by atoms with Crippen LogP contribution in [-0.4, -0.2) is 0 Å². The molecule has 0 saturated carbocycles. The minimum Gasteiger partial charge on any atom is -0.207 e. The number of hydrogen-bond donors (Lipinski definition) is 0. The fourth-order valence-corrected chi connectivity index (χ4v) is 3.39. The topological polar surface area (TPSA) is 0 Å². The van der Waals surface area contributed by atoms with Crippen LogP contribution in [0.3, 0.4) is 0 Å². The molecule has 2 aromatic rings. The number of rotatable bonds is 3. The Hall–Kier alpha value is -1.14. The van der Waals surface area contributed by atoms with Gasteiger partial charge in [0.15, 0.2) is 0 Å². The lowest BCUT2D eigenvalue weighted by Crippen LogP contribution is -1.89. The van der Waals surface area contributed by atoms with Crippen LogP contribution in [0.4, 0.5) is 17.6 Å². The van der Waals surface area contributed by atoms with E-state index in [1.165, 1.54) is 38.1 Å². The summed E-state index contributed by atoms with van der Waals surface area (Å²) in [4.78, 5) is 0.689. The molecule has 0 aliphatic carbocycles. The maximum atomic E-state index is 13.4. The van der Waals surface area contributed by atoms with Gasteiger partial charge >= 0.3 is 0 Å². The first-order valence-electron chi connectivity index (χ1n) is 5.64. The Kier molecular flexibility index (Phi) is 4.65. The van der Waals surface area contributed by atoms with Crippen LogP contribution in [-0.2, 0) is 0 Å². The summed E-state index contributed by atoms with van der Waals surface area (Å²) in [7, 11) is 2.07. The zero-order chi connectivity index (χ0) is 14.9. The molecular formula is C14H10F4S2. The van der Waals surface area contributed by atoms with Crippen molar-refractivity contribution in [1.82, 2.24) is 0 Å². The van der Waals surface area contributed by atoms with E-state index in [0.717, 1.165) is 21.6 Å². The van der Waals surface area contributed by atoms with Crippen LogP contribution in [0.5, 0.6) is 0 Å². The highest BCUT2D eigenvalue weighted by Gasteiger charge is 2.10. The van der Waals surface area contributed by atoms with E-state index < -0.39 is 23.3 Å². The highest BCUT2D eigenvalue weighted by atomic mass is 33.1. The molecule has 0 bridgehead atoms. The molecule has 0 amide bonds.